The minimum atomic E-state index is -0.0303. The monoisotopic (exact) mass is 420 g/mol. The molecular weight excluding hydrogens is 392 g/mol. The Morgan fingerprint density at radius 1 is 1.07 bits per heavy atom. The average Bonchev–Trinajstić information content (AvgIpc) is 2.77. The standard InChI is InChI=1S/C22H28N2O4.ClH/c1-26-17-12-16(13-18(14-17)27-2)8-9-22(25)24-11-10-23-15-20(24)19-6-4-5-7-21(19)28-3;/h4-7,12-14,20,23H,8-11,15H2,1-3H3;1H. The molecule has 1 aliphatic rings. The maximum Gasteiger partial charge on any atom is 0.223 e. The highest BCUT2D eigenvalue weighted by molar-refractivity contribution is 5.85. The van der Waals surface area contributed by atoms with E-state index in [0.717, 1.165) is 41.5 Å². The van der Waals surface area contributed by atoms with Crippen LogP contribution in [0.4, 0.5) is 0 Å². The fourth-order valence-corrected chi connectivity index (χ4v) is 3.63. The summed E-state index contributed by atoms with van der Waals surface area (Å²) in [6, 6.07) is 13.6. The lowest BCUT2D eigenvalue weighted by atomic mass is 10.0. The summed E-state index contributed by atoms with van der Waals surface area (Å²) in [6.45, 7) is 2.20. The Morgan fingerprint density at radius 3 is 2.41 bits per heavy atom. The molecule has 6 nitrogen and oxygen atoms in total. The lowest BCUT2D eigenvalue weighted by Gasteiger charge is -2.37. The van der Waals surface area contributed by atoms with Crippen molar-refractivity contribution in [2.75, 3.05) is 41.0 Å². The number of ether oxygens (including phenoxy) is 3. The lowest BCUT2D eigenvalue weighted by Crippen LogP contribution is -2.48. The number of piperazine rings is 1. The van der Waals surface area contributed by atoms with Gasteiger partial charge in [0, 0.05) is 37.7 Å². The van der Waals surface area contributed by atoms with Gasteiger partial charge in [-0.15, -0.1) is 12.4 Å². The predicted octanol–water partition coefficient (Wildman–Crippen LogP) is 3.24. The summed E-state index contributed by atoms with van der Waals surface area (Å²) in [5.41, 5.74) is 2.06. The summed E-state index contributed by atoms with van der Waals surface area (Å²) in [5.74, 6) is 2.41. The summed E-state index contributed by atoms with van der Waals surface area (Å²) in [7, 11) is 4.92. The van der Waals surface area contributed by atoms with Crippen molar-refractivity contribution in [2.45, 2.75) is 18.9 Å². The molecule has 1 saturated heterocycles. The normalized spacial score (nSPS) is 16.0. The van der Waals surface area contributed by atoms with Gasteiger partial charge in [-0.25, -0.2) is 0 Å². The summed E-state index contributed by atoms with van der Waals surface area (Å²) in [6.07, 6.45) is 1.07. The van der Waals surface area contributed by atoms with Gasteiger partial charge >= 0.3 is 0 Å². The molecule has 7 heteroatoms. The van der Waals surface area contributed by atoms with Gasteiger partial charge in [-0.05, 0) is 30.2 Å². The zero-order valence-electron chi connectivity index (χ0n) is 17.1. The van der Waals surface area contributed by atoms with E-state index in [9.17, 15) is 4.79 Å². The molecule has 0 aromatic heterocycles. The fourth-order valence-electron chi connectivity index (χ4n) is 3.63. The van der Waals surface area contributed by atoms with E-state index < -0.39 is 0 Å². The van der Waals surface area contributed by atoms with Crippen molar-refractivity contribution in [1.82, 2.24) is 10.2 Å². The Labute approximate surface area is 178 Å². The molecule has 0 radical (unpaired) electrons. The number of halogens is 1. The first-order valence-electron chi connectivity index (χ1n) is 9.51. The van der Waals surface area contributed by atoms with E-state index in [1.807, 2.05) is 47.4 Å². The zero-order valence-corrected chi connectivity index (χ0v) is 18.0. The van der Waals surface area contributed by atoms with E-state index in [1.165, 1.54) is 0 Å². The van der Waals surface area contributed by atoms with Gasteiger partial charge in [0.05, 0.1) is 27.4 Å². The third kappa shape index (κ3) is 5.55. The molecule has 1 aliphatic heterocycles. The number of carbonyl (C=O) groups excluding carboxylic acids is 1. The molecule has 0 aliphatic carbocycles. The Morgan fingerprint density at radius 2 is 1.76 bits per heavy atom. The summed E-state index contributed by atoms with van der Waals surface area (Å²) in [5, 5.41) is 3.39. The molecule has 1 heterocycles. The van der Waals surface area contributed by atoms with E-state index >= 15 is 0 Å². The van der Waals surface area contributed by atoms with Crippen LogP contribution in [0.2, 0.25) is 0 Å². The fraction of sp³-hybridized carbons (Fsp3) is 0.409. The summed E-state index contributed by atoms with van der Waals surface area (Å²) >= 11 is 0. The minimum Gasteiger partial charge on any atom is -0.497 e. The second-order valence-corrected chi connectivity index (χ2v) is 6.77. The van der Waals surface area contributed by atoms with Crippen molar-refractivity contribution in [2.24, 2.45) is 0 Å². The van der Waals surface area contributed by atoms with Crippen LogP contribution in [0.1, 0.15) is 23.6 Å². The molecule has 158 valence electrons. The van der Waals surface area contributed by atoms with Crippen molar-refractivity contribution >= 4 is 18.3 Å². The van der Waals surface area contributed by atoms with Crippen LogP contribution >= 0.6 is 12.4 Å². The molecule has 1 unspecified atom stereocenters. The largest absolute Gasteiger partial charge is 0.497 e. The molecule has 1 N–H and O–H groups in total. The van der Waals surface area contributed by atoms with Crippen LogP contribution in [0.5, 0.6) is 17.2 Å². The SMILES string of the molecule is COc1cc(CCC(=O)N2CCNCC2c2ccccc2OC)cc(OC)c1.Cl. The van der Waals surface area contributed by atoms with Gasteiger partial charge in [-0.1, -0.05) is 18.2 Å². The van der Waals surface area contributed by atoms with Gasteiger partial charge in [-0.2, -0.15) is 0 Å². The number of nitrogens with one attached hydrogen (secondary N) is 1. The number of hydrogen-bond donors (Lipinski definition) is 1. The van der Waals surface area contributed by atoms with Gasteiger partial charge in [0.15, 0.2) is 0 Å². The van der Waals surface area contributed by atoms with Gasteiger partial charge < -0.3 is 24.4 Å². The molecule has 2 aromatic carbocycles. The number of rotatable bonds is 7. The Balaban J connectivity index is 0.00000300. The van der Waals surface area contributed by atoms with E-state index in [-0.39, 0.29) is 24.4 Å². The first kappa shape index (κ1) is 22.8. The Bertz CT molecular complexity index is 793. The third-order valence-corrected chi connectivity index (χ3v) is 5.10. The van der Waals surface area contributed by atoms with E-state index in [0.29, 0.717) is 19.4 Å². The van der Waals surface area contributed by atoms with Crippen LogP contribution in [0, 0.1) is 0 Å². The Kier molecular flexibility index (Phi) is 8.61. The van der Waals surface area contributed by atoms with Gasteiger partial charge in [-0.3, -0.25) is 4.79 Å². The van der Waals surface area contributed by atoms with E-state index in [2.05, 4.69) is 5.32 Å². The number of amides is 1. The van der Waals surface area contributed by atoms with Crippen molar-refractivity contribution in [3.63, 3.8) is 0 Å². The number of nitrogens with zero attached hydrogens (tertiary/aromatic N) is 1. The second kappa shape index (κ2) is 10.9. The van der Waals surface area contributed by atoms with Crippen molar-refractivity contribution < 1.29 is 19.0 Å². The minimum absolute atomic E-state index is 0. The highest BCUT2D eigenvalue weighted by Crippen LogP contribution is 2.31. The molecule has 29 heavy (non-hydrogen) atoms. The van der Waals surface area contributed by atoms with Crippen LogP contribution < -0.4 is 19.5 Å². The molecule has 0 bridgehead atoms. The number of carbonyl (C=O) groups is 1. The summed E-state index contributed by atoms with van der Waals surface area (Å²) in [4.78, 5) is 15.0. The molecule has 0 saturated carbocycles. The highest BCUT2D eigenvalue weighted by atomic mass is 35.5. The third-order valence-electron chi connectivity index (χ3n) is 5.10. The van der Waals surface area contributed by atoms with Crippen molar-refractivity contribution in [3.05, 3.63) is 53.6 Å². The van der Waals surface area contributed by atoms with Crippen molar-refractivity contribution in [3.8, 4) is 17.2 Å². The quantitative estimate of drug-likeness (QED) is 0.745. The van der Waals surface area contributed by atoms with Gasteiger partial charge in [0.25, 0.3) is 0 Å². The number of aryl methyl sites for hydroxylation is 1. The maximum atomic E-state index is 13.1. The Hall–Kier alpha value is -2.44. The second-order valence-electron chi connectivity index (χ2n) is 6.77. The first-order chi connectivity index (χ1) is 13.7. The maximum absolute atomic E-state index is 13.1. The number of methoxy groups -OCH3 is 3. The highest BCUT2D eigenvalue weighted by Gasteiger charge is 2.29. The van der Waals surface area contributed by atoms with Gasteiger partial charge in [0.1, 0.15) is 17.2 Å². The van der Waals surface area contributed by atoms with Crippen molar-refractivity contribution in [1.29, 1.82) is 0 Å². The predicted molar refractivity (Wildman–Crippen MR) is 115 cm³/mol. The molecular formula is C22H29ClN2O4. The van der Waals surface area contributed by atoms with Crippen LogP contribution in [-0.2, 0) is 11.2 Å². The molecule has 3 rings (SSSR count). The van der Waals surface area contributed by atoms with Crippen LogP contribution in [0.25, 0.3) is 0 Å². The van der Waals surface area contributed by atoms with Gasteiger partial charge in [0.2, 0.25) is 5.91 Å². The smallest absolute Gasteiger partial charge is 0.223 e. The topological polar surface area (TPSA) is 60.0 Å². The molecule has 1 atom stereocenters. The van der Waals surface area contributed by atoms with E-state index in [4.69, 9.17) is 14.2 Å². The summed E-state index contributed by atoms with van der Waals surface area (Å²) < 4.78 is 16.2. The number of hydrogen-bond acceptors (Lipinski definition) is 5. The first-order valence-corrected chi connectivity index (χ1v) is 9.51. The molecule has 1 amide bonds. The molecule has 1 fully saturated rings. The number of benzene rings is 2. The lowest BCUT2D eigenvalue weighted by molar-refractivity contribution is -0.134. The number of para-hydroxylation sites is 1. The molecule has 0 spiro atoms. The molecule has 2 aromatic rings. The van der Waals surface area contributed by atoms with Crippen LogP contribution in [0.3, 0.4) is 0 Å². The zero-order chi connectivity index (χ0) is 19.9. The average molecular weight is 421 g/mol. The van der Waals surface area contributed by atoms with E-state index in [1.54, 1.807) is 21.3 Å². The van der Waals surface area contributed by atoms with Crippen LogP contribution in [0.15, 0.2) is 42.5 Å². The van der Waals surface area contributed by atoms with Crippen LogP contribution in [-0.4, -0.2) is 51.8 Å².